The lowest BCUT2D eigenvalue weighted by molar-refractivity contribution is 0.383. The summed E-state index contributed by atoms with van der Waals surface area (Å²) in [6.07, 6.45) is 14.6. The summed E-state index contributed by atoms with van der Waals surface area (Å²) < 4.78 is 0. The van der Waals surface area contributed by atoms with Gasteiger partial charge in [-0.2, -0.15) is 0 Å². The molecule has 0 N–H and O–H groups in total. The van der Waals surface area contributed by atoms with Crippen LogP contribution in [0.5, 0.6) is 0 Å². The number of allylic oxidation sites excluding steroid dienone is 2. The van der Waals surface area contributed by atoms with Crippen LogP contribution < -0.4 is 5.32 Å². The van der Waals surface area contributed by atoms with Gasteiger partial charge in [0.05, 0.1) is 6.04 Å². The van der Waals surface area contributed by atoms with Crippen LogP contribution in [0.15, 0.2) is 11.8 Å². The van der Waals surface area contributed by atoms with Crippen LogP contribution in [-0.4, -0.2) is 6.04 Å². The van der Waals surface area contributed by atoms with Crippen molar-refractivity contribution in [2.75, 3.05) is 0 Å². The molecule has 0 saturated heterocycles. The second kappa shape index (κ2) is 4.69. The highest BCUT2D eigenvalue weighted by atomic mass is 14.9. The molecule has 2 aliphatic carbocycles. The lowest BCUT2D eigenvalue weighted by Crippen LogP contribution is -2.24. The molecule has 73 valence electrons. The zero-order valence-electron chi connectivity index (χ0n) is 8.47. The van der Waals surface area contributed by atoms with Gasteiger partial charge in [0.2, 0.25) is 0 Å². The fourth-order valence-electron chi connectivity index (χ4n) is 2.38. The average Bonchev–Trinajstić information content (AvgIpc) is 2.21. The highest BCUT2D eigenvalue weighted by molar-refractivity contribution is 5.03. The summed E-state index contributed by atoms with van der Waals surface area (Å²) in [5.74, 6) is 0. The van der Waals surface area contributed by atoms with E-state index in [2.05, 4.69) is 6.08 Å². The maximum atomic E-state index is 4.86. The summed E-state index contributed by atoms with van der Waals surface area (Å²) in [7, 11) is 0. The monoisotopic (exact) mass is 178 g/mol. The zero-order chi connectivity index (χ0) is 8.93. The van der Waals surface area contributed by atoms with Crippen LogP contribution in [0, 0.1) is 0 Å². The first-order chi connectivity index (χ1) is 6.45. The lowest BCUT2D eigenvalue weighted by Gasteiger charge is -2.24. The van der Waals surface area contributed by atoms with Gasteiger partial charge in [-0.25, -0.2) is 0 Å². The Balaban J connectivity index is 1.78. The van der Waals surface area contributed by atoms with Gasteiger partial charge in [-0.05, 0) is 38.5 Å². The molecule has 2 rings (SSSR count). The van der Waals surface area contributed by atoms with Crippen molar-refractivity contribution in [1.82, 2.24) is 5.32 Å². The van der Waals surface area contributed by atoms with Crippen molar-refractivity contribution in [3.8, 4) is 0 Å². The normalized spacial score (nSPS) is 25.4. The topological polar surface area (TPSA) is 14.1 Å². The van der Waals surface area contributed by atoms with E-state index in [0.717, 1.165) is 0 Å². The van der Waals surface area contributed by atoms with Crippen molar-refractivity contribution in [1.29, 1.82) is 0 Å². The summed E-state index contributed by atoms with van der Waals surface area (Å²) in [6.45, 7) is 0. The standard InChI is InChI=1S/C12H20N/c1-3-7-11(8-4-1)13-12-9-5-2-6-10-12/h7,12H,1-6,8-10H2. The first-order valence-electron chi connectivity index (χ1n) is 5.85. The fraction of sp³-hybridized carbons (Fsp3) is 0.833. The Labute approximate surface area is 81.6 Å². The molecule has 0 unspecified atom stereocenters. The van der Waals surface area contributed by atoms with Gasteiger partial charge in [-0.3, -0.25) is 5.32 Å². The number of rotatable bonds is 2. The van der Waals surface area contributed by atoms with Crippen molar-refractivity contribution < 1.29 is 0 Å². The maximum Gasteiger partial charge on any atom is 0.0502 e. The van der Waals surface area contributed by atoms with Crippen molar-refractivity contribution in [3.63, 3.8) is 0 Å². The molecule has 0 aromatic rings. The van der Waals surface area contributed by atoms with Gasteiger partial charge in [-0.1, -0.05) is 25.3 Å². The highest BCUT2D eigenvalue weighted by Gasteiger charge is 2.16. The Morgan fingerprint density at radius 1 is 1.00 bits per heavy atom. The van der Waals surface area contributed by atoms with Crippen LogP contribution >= 0.6 is 0 Å². The number of hydrogen-bond acceptors (Lipinski definition) is 0. The van der Waals surface area contributed by atoms with Gasteiger partial charge in [0.25, 0.3) is 0 Å². The lowest BCUT2D eigenvalue weighted by atomic mass is 9.94. The molecule has 1 radical (unpaired) electrons. The summed E-state index contributed by atoms with van der Waals surface area (Å²) in [5.41, 5.74) is 1.41. The zero-order valence-corrected chi connectivity index (χ0v) is 8.47. The molecule has 1 nitrogen and oxygen atoms in total. The fourth-order valence-corrected chi connectivity index (χ4v) is 2.38. The quantitative estimate of drug-likeness (QED) is 0.615. The van der Waals surface area contributed by atoms with E-state index in [-0.39, 0.29) is 0 Å². The first-order valence-corrected chi connectivity index (χ1v) is 5.85. The van der Waals surface area contributed by atoms with Crippen LogP contribution in [0.4, 0.5) is 0 Å². The van der Waals surface area contributed by atoms with Gasteiger partial charge in [0.1, 0.15) is 0 Å². The molecular formula is C12H20N. The van der Waals surface area contributed by atoms with E-state index in [1.807, 2.05) is 0 Å². The Morgan fingerprint density at radius 2 is 1.85 bits per heavy atom. The Kier molecular flexibility index (Phi) is 3.28. The van der Waals surface area contributed by atoms with Gasteiger partial charge in [0, 0.05) is 5.70 Å². The molecular weight excluding hydrogens is 158 g/mol. The molecule has 1 heteroatoms. The van der Waals surface area contributed by atoms with E-state index in [1.165, 1.54) is 63.5 Å². The van der Waals surface area contributed by atoms with E-state index in [1.54, 1.807) is 0 Å². The van der Waals surface area contributed by atoms with E-state index < -0.39 is 0 Å². The molecule has 0 aromatic heterocycles. The number of nitrogens with zero attached hydrogens (tertiary/aromatic N) is 1. The van der Waals surface area contributed by atoms with E-state index >= 15 is 0 Å². The minimum absolute atomic E-state index is 0.679. The van der Waals surface area contributed by atoms with Crippen molar-refractivity contribution >= 4 is 0 Å². The van der Waals surface area contributed by atoms with Gasteiger partial charge < -0.3 is 0 Å². The van der Waals surface area contributed by atoms with E-state index in [9.17, 15) is 0 Å². The molecule has 0 amide bonds. The van der Waals surface area contributed by atoms with Crippen LogP contribution in [0.2, 0.25) is 0 Å². The second-order valence-corrected chi connectivity index (χ2v) is 4.36. The third-order valence-electron chi connectivity index (χ3n) is 3.19. The van der Waals surface area contributed by atoms with Crippen LogP contribution in [0.25, 0.3) is 0 Å². The SMILES string of the molecule is C1=C([N]C2CCCCC2)CCCC1. The van der Waals surface area contributed by atoms with Crippen molar-refractivity contribution in [2.45, 2.75) is 63.8 Å². The molecule has 0 spiro atoms. The molecule has 13 heavy (non-hydrogen) atoms. The third-order valence-corrected chi connectivity index (χ3v) is 3.19. The van der Waals surface area contributed by atoms with Crippen LogP contribution in [0.1, 0.15) is 57.8 Å². The molecule has 0 aromatic carbocycles. The minimum atomic E-state index is 0.679. The van der Waals surface area contributed by atoms with Crippen LogP contribution in [0.3, 0.4) is 0 Å². The minimum Gasteiger partial charge on any atom is -0.287 e. The predicted molar refractivity (Wildman–Crippen MR) is 55.6 cm³/mol. The molecule has 0 atom stereocenters. The predicted octanol–water partition coefficient (Wildman–Crippen LogP) is 3.38. The molecule has 1 saturated carbocycles. The van der Waals surface area contributed by atoms with Gasteiger partial charge in [-0.15, -0.1) is 0 Å². The summed E-state index contributed by atoms with van der Waals surface area (Å²) in [6, 6.07) is 0.679. The Bertz CT molecular complexity index is 178. The van der Waals surface area contributed by atoms with E-state index in [4.69, 9.17) is 5.32 Å². The first kappa shape index (κ1) is 9.11. The van der Waals surface area contributed by atoms with Crippen molar-refractivity contribution in [2.24, 2.45) is 0 Å². The largest absolute Gasteiger partial charge is 0.287 e. The molecule has 0 aliphatic heterocycles. The summed E-state index contributed by atoms with van der Waals surface area (Å²) in [5, 5.41) is 4.86. The number of hydrogen-bond donors (Lipinski definition) is 0. The van der Waals surface area contributed by atoms with Gasteiger partial charge >= 0.3 is 0 Å². The molecule has 1 fully saturated rings. The third kappa shape index (κ3) is 2.75. The molecule has 0 heterocycles. The summed E-state index contributed by atoms with van der Waals surface area (Å²) >= 11 is 0. The highest BCUT2D eigenvalue weighted by Crippen LogP contribution is 2.22. The average molecular weight is 178 g/mol. The van der Waals surface area contributed by atoms with Gasteiger partial charge in [0.15, 0.2) is 0 Å². The second-order valence-electron chi connectivity index (χ2n) is 4.36. The molecule has 2 aliphatic rings. The smallest absolute Gasteiger partial charge is 0.0502 e. The summed E-state index contributed by atoms with van der Waals surface area (Å²) in [4.78, 5) is 0. The Morgan fingerprint density at radius 3 is 2.54 bits per heavy atom. The van der Waals surface area contributed by atoms with E-state index in [0.29, 0.717) is 6.04 Å². The Hall–Kier alpha value is -0.460. The maximum absolute atomic E-state index is 4.86. The van der Waals surface area contributed by atoms with Crippen molar-refractivity contribution in [3.05, 3.63) is 11.8 Å². The van der Waals surface area contributed by atoms with Crippen LogP contribution in [-0.2, 0) is 0 Å². The molecule has 0 bridgehead atoms.